The maximum Gasteiger partial charge on any atom is 0.432 e. The van der Waals surface area contributed by atoms with Gasteiger partial charge in [-0.05, 0) is 49.1 Å². The van der Waals surface area contributed by atoms with Crippen molar-refractivity contribution in [3.8, 4) is 0 Å². The Morgan fingerprint density at radius 1 is 1.03 bits per heavy atom. The Balaban J connectivity index is 1.32. The van der Waals surface area contributed by atoms with Crippen LogP contribution < -0.4 is 15.5 Å². The molecule has 178 valence electrons. The van der Waals surface area contributed by atoms with E-state index in [0.29, 0.717) is 28.8 Å². The lowest BCUT2D eigenvalue weighted by Gasteiger charge is -2.39. The van der Waals surface area contributed by atoms with Crippen LogP contribution in [0.5, 0.6) is 0 Å². The smallest absolute Gasteiger partial charge is 0.432 e. The molecule has 3 aromatic carbocycles. The number of carbonyl (C=O) groups is 2. The first-order valence-electron chi connectivity index (χ1n) is 11.7. The number of carboxylic acid groups (broad SMARTS) is 1. The third-order valence-electron chi connectivity index (χ3n) is 6.49. The number of hydrogen-bond acceptors (Lipinski definition) is 4. The minimum absolute atomic E-state index is 0.142. The van der Waals surface area contributed by atoms with E-state index in [2.05, 4.69) is 57.0 Å². The number of aromatic nitrogens is 2. The van der Waals surface area contributed by atoms with Crippen molar-refractivity contribution in [2.45, 2.75) is 32.4 Å². The molecule has 0 saturated heterocycles. The van der Waals surface area contributed by atoms with Crippen molar-refractivity contribution in [3.63, 3.8) is 0 Å². The number of nitrogens with zero attached hydrogens (tertiary/aromatic N) is 3. The highest BCUT2D eigenvalue weighted by Crippen LogP contribution is 2.32. The molecule has 1 atom stereocenters. The zero-order chi connectivity index (χ0) is 24.4. The van der Waals surface area contributed by atoms with E-state index in [0.717, 1.165) is 24.1 Å². The molecule has 1 aliphatic heterocycles. The molecule has 0 radical (unpaired) electrons. The first kappa shape index (κ1) is 22.5. The Kier molecular flexibility index (Phi) is 6.10. The van der Waals surface area contributed by atoms with Gasteiger partial charge in [-0.15, -0.1) is 0 Å². The molecule has 1 unspecified atom stereocenters. The third kappa shape index (κ3) is 4.55. The van der Waals surface area contributed by atoms with Crippen LogP contribution in [0, 0.1) is 6.92 Å². The molecular formula is C27H27N5O3. The third-order valence-corrected chi connectivity index (χ3v) is 6.49. The molecule has 8 heteroatoms. The fourth-order valence-corrected chi connectivity index (χ4v) is 4.86. The normalized spacial score (nSPS) is 15.0. The maximum absolute atomic E-state index is 12.9. The van der Waals surface area contributed by atoms with E-state index in [9.17, 15) is 14.7 Å². The number of nitrogens with one attached hydrogen (secondary N) is 2. The van der Waals surface area contributed by atoms with Crippen LogP contribution in [-0.4, -0.2) is 39.6 Å². The van der Waals surface area contributed by atoms with E-state index in [1.807, 2.05) is 18.2 Å². The number of benzene rings is 3. The van der Waals surface area contributed by atoms with Gasteiger partial charge in [0.05, 0.1) is 16.9 Å². The minimum atomic E-state index is -1.17. The summed E-state index contributed by atoms with van der Waals surface area (Å²) in [4.78, 5) is 26.7. The molecule has 0 saturated carbocycles. The highest BCUT2D eigenvalue weighted by atomic mass is 16.4. The van der Waals surface area contributed by atoms with Gasteiger partial charge >= 0.3 is 12.1 Å². The Hall–Kier alpha value is -4.33. The number of carbonyl (C=O) groups excluding carboxylic acids is 1. The molecule has 5 rings (SSSR count). The standard InChI is InChI=1S/C27H27N5O3/c1-18-25-22(11-7-13-24(25)32(30-18)27(34)35)29-26(33)28-16-21-15-14-20-10-5-6-12-23(20)31(21)17-19-8-3-2-4-9-19/h2-13,21H,14-17H2,1H3,(H,34,35)(H2,28,29,33). The van der Waals surface area contributed by atoms with Gasteiger partial charge in [0.1, 0.15) is 0 Å². The predicted molar refractivity (Wildman–Crippen MR) is 136 cm³/mol. The van der Waals surface area contributed by atoms with E-state index in [1.165, 1.54) is 16.8 Å². The Bertz CT molecular complexity index is 1380. The van der Waals surface area contributed by atoms with Gasteiger partial charge in [-0.2, -0.15) is 9.78 Å². The van der Waals surface area contributed by atoms with Crippen LogP contribution in [0.1, 0.15) is 23.2 Å². The van der Waals surface area contributed by atoms with Gasteiger partial charge in [-0.1, -0.05) is 54.6 Å². The van der Waals surface area contributed by atoms with Gasteiger partial charge in [0.2, 0.25) is 0 Å². The Morgan fingerprint density at radius 3 is 2.60 bits per heavy atom. The number of hydrogen-bond donors (Lipinski definition) is 3. The Labute approximate surface area is 203 Å². The fourth-order valence-electron chi connectivity index (χ4n) is 4.86. The largest absolute Gasteiger partial charge is 0.463 e. The van der Waals surface area contributed by atoms with Gasteiger partial charge in [-0.3, -0.25) is 0 Å². The summed E-state index contributed by atoms with van der Waals surface area (Å²) in [6, 6.07) is 23.7. The van der Waals surface area contributed by atoms with Crippen LogP contribution in [0.2, 0.25) is 0 Å². The van der Waals surface area contributed by atoms with Crippen molar-refractivity contribution in [2.75, 3.05) is 16.8 Å². The molecule has 0 bridgehead atoms. The zero-order valence-corrected chi connectivity index (χ0v) is 19.4. The van der Waals surface area contributed by atoms with Crippen molar-refractivity contribution < 1.29 is 14.7 Å². The summed E-state index contributed by atoms with van der Waals surface area (Å²) in [7, 11) is 0. The molecular weight excluding hydrogens is 442 g/mol. The molecule has 2 amide bonds. The molecule has 35 heavy (non-hydrogen) atoms. The van der Waals surface area contributed by atoms with E-state index in [-0.39, 0.29) is 12.1 Å². The lowest BCUT2D eigenvalue weighted by molar-refractivity contribution is 0.194. The van der Waals surface area contributed by atoms with E-state index in [4.69, 9.17) is 0 Å². The average molecular weight is 470 g/mol. The highest BCUT2D eigenvalue weighted by molar-refractivity contribution is 6.03. The molecule has 8 nitrogen and oxygen atoms in total. The minimum Gasteiger partial charge on any atom is -0.463 e. The molecule has 0 aliphatic carbocycles. The van der Waals surface area contributed by atoms with Gasteiger partial charge in [0.15, 0.2) is 0 Å². The zero-order valence-electron chi connectivity index (χ0n) is 19.4. The second kappa shape index (κ2) is 9.50. The molecule has 1 aromatic heterocycles. The number of aryl methyl sites for hydroxylation is 2. The molecule has 0 fully saturated rings. The second-order valence-corrected chi connectivity index (χ2v) is 8.75. The quantitative estimate of drug-likeness (QED) is 0.381. The summed E-state index contributed by atoms with van der Waals surface area (Å²) in [5, 5.41) is 20.0. The van der Waals surface area contributed by atoms with Crippen molar-refractivity contribution in [1.29, 1.82) is 0 Å². The molecule has 3 N–H and O–H groups in total. The van der Waals surface area contributed by atoms with Crippen molar-refractivity contribution in [1.82, 2.24) is 15.1 Å². The number of fused-ring (bicyclic) bond motifs is 2. The number of rotatable bonds is 5. The first-order chi connectivity index (χ1) is 17.0. The van der Waals surface area contributed by atoms with Crippen LogP contribution in [0.4, 0.5) is 21.0 Å². The van der Waals surface area contributed by atoms with Crippen LogP contribution in [0.3, 0.4) is 0 Å². The average Bonchev–Trinajstić information content (AvgIpc) is 3.22. The highest BCUT2D eigenvalue weighted by Gasteiger charge is 2.26. The van der Waals surface area contributed by atoms with Crippen LogP contribution in [-0.2, 0) is 13.0 Å². The summed E-state index contributed by atoms with van der Waals surface area (Å²) in [6.07, 6.45) is 0.729. The predicted octanol–water partition coefficient (Wildman–Crippen LogP) is 5.01. The van der Waals surface area contributed by atoms with Crippen LogP contribution in [0.15, 0.2) is 72.8 Å². The van der Waals surface area contributed by atoms with E-state index < -0.39 is 6.09 Å². The SMILES string of the molecule is Cc1nn(C(=O)O)c2cccc(NC(=O)NCC3CCc4ccccc4N3Cc3ccccc3)c12. The van der Waals surface area contributed by atoms with Crippen LogP contribution in [0.25, 0.3) is 10.9 Å². The fraction of sp³-hybridized carbons (Fsp3) is 0.222. The number of para-hydroxylation sites is 1. The van der Waals surface area contributed by atoms with Crippen molar-refractivity contribution in [3.05, 3.63) is 89.6 Å². The molecule has 0 spiro atoms. The monoisotopic (exact) mass is 469 g/mol. The summed E-state index contributed by atoms with van der Waals surface area (Å²) in [6.45, 7) is 2.97. The van der Waals surface area contributed by atoms with Gasteiger partial charge in [0.25, 0.3) is 0 Å². The summed E-state index contributed by atoms with van der Waals surface area (Å²) < 4.78 is 0.925. The van der Waals surface area contributed by atoms with Gasteiger partial charge < -0.3 is 20.6 Å². The van der Waals surface area contributed by atoms with Crippen molar-refractivity contribution >= 4 is 34.4 Å². The van der Waals surface area contributed by atoms with Gasteiger partial charge in [-0.25, -0.2) is 9.59 Å². The van der Waals surface area contributed by atoms with E-state index >= 15 is 0 Å². The summed E-state index contributed by atoms with van der Waals surface area (Å²) in [5.74, 6) is 0. The maximum atomic E-state index is 12.9. The number of amides is 2. The summed E-state index contributed by atoms with van der Waals surface area (Å²) in [5.41, 5.74) is 5.25. The lowest BCUT2D eigenvalue weighted by Crippen LogP contribution is -2.47. The molecule has 4 aromatic rings. The van der Waals surface area contributed by atoms with Gasteiger partial charge in [0, 0.05) is 30.2 Å². The Morgan fingerprint density at radius 2 is 1.80 bits per heavy atom. The van der Waals surface area contributed by atoms with Crippen molar-refractivity contribution in [2.24, 2.45) is 0 Å². The van der Waals surface area contributed by atoms with E-state index in [1.54, 1.807) is 25.1 Å². The first-order valence-corrected chi connectivity index (χ1v) is 11.7. The summed E-state index contributed by atoms with van der Waals surface area (Å²) >= 11 is 0. The topological polar surface area (TPSA) is 99.5 Å². The molecule has 2 heterocycles. The number of urea groups is 1. The lowest BCUT2D eigenvalue weighted by atomic mass is 9.95. The van der Waals surface area contributed by atoms with Crippen LogP contribution >= 0.6 is 0 Å². The second-order valence-electron chi connectivity index (χ2n) is 8.75. The number of anilines is 2. The molecule has 1 aliphatic rings.